The molecule has 26 heavy (non-hydrogen) atoms. The van der Waals surface area contributed by atoms with Gasteiger partial charge in [0.1, 0.15) is 24.4 Å². The maximum Gasteiger partial charge on any atom is 0.221 e. The van der Waals surface area contributed by atoms with Crippen LogP contribution in [0.5, 0.6) is 0 Å². The van der Waals surface area contributed by atoms with Crippen molar-refractivity contribution in [3.05, 3.63) is 18.2 Å². The number of anilines is 3. The van der Waals surface area contributed by atoms with Gasteiger partial charge in [-0.15, -0.1) is 0 Å². The maximum atomic E-state index is 11.4. The average Bonchev–Trinajstić information content (AvgIpc) is 2.84. The van der Waals surface area contributed by atoms with Crippen molar-refractivity contribution < 1.29 is 34.8 Å². The zero-order valence-electron chi connectivity index (χ0n) is 14.3. The monoisotopic (exact) mass is 369 g/mol. The molecule has 0 aliphatic carbocycles. The van der Waals surface area contributed by atoms with Crippen LogP contribution in [0.4, 0.5) is 17.1 Å². The Morgan fingerprint density at radius 1 is 1.12 bits per heavy atom. The van der Waals surface area contributed by atoms with E-state index in [1.807, 2.05) is 0 Å². The van der Waals surface area contributed by atoms with Gasteiger partial charge >= 0.3 is 0 Å². The number of carbonyl (C=O) groups excluding carboxylic acids is 2. The van der Waals surface area contributed by atoms with Gasteiger partial charge in [-0.2, -0.15) is 0 Å². The molecule has 1 aromatic rings. The van der Waals surface area contributed by atoms with E-state index in [0.717, 1.165) is 0 Å². The third-order valence-corrected chi connectivity index (χ3v) is 3.82. The molecule has 7 N–H and O–H groups in total. The Bertz CT molecular complexity index is 669. The lowest BCUT2D eigenvalue weighted by molar-refractivity contribution is -0.115. The number of nitrogens with one attached hydrogen (secondary N) is 3. The summed E-state index contributed by atoms with van der Waals surface area (Å²) in [4.78, 5) is 22.6. The van der Waals surface area contributed by atoms with E-state index in [1.165, 1.54) is 19.9 Å². The summed E-state index contributed by atoms with van der Waals surface area (Å²) < 4.78 is 5.40. The second kappa shape index (κ2) is 8.43. The Hall–Kier alpha value is -2.24. The first-order valence-electron chi connectivity index (χ1n) is 7.99. The molecule has 2 rings (SSSR count). The van der Waals surface area contributed by atoms with Crippen molar-refractivity contribution in [2.24, 2.45) is 0 Å². The fraction of sp³-hybridized carbons (Fsp3) is 0.500. The summed E-state index contributed by atoms with van der Waals surface area (Å²) in [5, 5.41) is 46.8. The van der Waals surface area contributed by atoms with Gasteiger partial charge in [0.05, 0.1) is 18.0 Å². The number of amides is 2. The quantitative estimate of drug-likeness (QED) is 0.330. The Morgan fingerprint density at radius 3 is 2.35 bits per heavy atom. The largest absolute Gasteiger partial charge is 0.394 e. The minimum Gasteiger partial charge on any atom is -0.394 e. The summed E-state index contributed by atoms with van der Waals surface area (Å²) in [5.74, 6) is -0.622. The van der Waals surface area contributed by atoms with E-state index >= 15 is 0 Å². The Balaban J connectivity index is 2.25. The van der Waals surface area contributed by atoms with Crippen LogP contribution in [0.1, 0.15) is 13.8 Å². The number of aliphatic hydroxyl groups excluding tert-OH is 4. The number of ether oxygens (including phenoxy) is 1. The Labute approximate surface area is 149 Å². The van der Waals surface area contributed by atoms with Crippen molar-refractivity contribution >= 4 is 28.9 Å². The minimum atomic E-state index is -1.42. The maximum absolute atomic E-state index is 11.4. The predicted octanol–water partition coefficient (Wildman–Crippen LogP) is -1.18. The van der Waals surface area contributed by atoms with E-state index in [1.54, 1.807) is 12.1 Å². The highest BCUT2D eigenvalue weighted by atomic mass is 16.6. The second-order valence-electron chi connectivity index (χ2n) is 6.02. The molecule has 1 saturated heterocycles. The van der Waals surface area contributed by atoms with Crippen LogP contribution >= 0.6 is 0 Å². The SMILES string of the molecule is CC(=O)Nc1ccc(NC(C)=O)c(NC2O[C@H](C(O)CO)[C@H](O)[C@H]2O)c1. The van der Waals surface area contributed by atoms with Gasteiger partial charge in [0, 0.05) is 19.5 Å². The van der Waals surface area contributed by atoms with Crippen LogP contribution < -0.4 is 16.0 Å². The Morgan fingerprint density at radius 2 is 1.77 bits per heavy atom. The highest BCUT2D eigenvalue weighted by molar-refractivity contribution is 5.95. The van der Waals surface area contributed by atoms with Crippen molar-refractivity contribution in [1.82, 2.24) is 0 Å². The summed E-state index contributed by atoms with van der Waals surface area (Å²) >= 11 is 0. The normalized spacial score (nSPS) is 26.2. The van der Waals surface area contributed by atoms with E-state index in [9.17, 15) is 24.9 Å². The van der Waals surface area contributed by atoms with E-state index in [4.69, 9.17) is 9.84 Å². The number of hydrogen-bond acceptors (Lipinski definition) is 8. The molecule has 2 unspecified atom stereocenters. The average molecular weight is 369 g/mol. The summed E-state index contributed by atoms with van der Waals surface area (Å²) in [6.07, 6.45) is -6.48. The van der Waals surface area contributed by atoms with Crippen molar-refractivity contribution in [2.75, 3.05) is 22.6 Å². The fourth-order valence-electron chi connectivity index (χ4n) is 2.64. The molecule has 1 heterocycles. The van der Waals surface area contributed by atoms with Gasteiger partial charge in [0.25, 0.3) is 0 Å². The number of hydrogen-bond donors (Lipinski definition) is 7. The highest BCUT2D eigenvalue weighted by Gasteiger charge is 2.46. The highest BCUT2D eigenvalue weighted by Crippen LogP contribution is 2.31. The summed E-state index contributed by atoms with van der Waals surface area (Å²) in [7, 11) is 0. The zero-order valence-corrected chi connectivity index (χ0v) is 14.3. The summed E-state index contributed by atoms with van der Waals surface area (Å²) in [6, 6.07) is 4.65. The van der Waals surface area contributed by atoms with Crippen LogP contribution in [-0.2, 0) is 14.3 Å². The predicted molar refractivity (Wildman–Crippen MR) is 92.4 cm³/mol. The third kappa shape index (κ3) is 4.68. The van der Waals surface area contributed by atoms with Gasteiger partial charge in [-0.25, -0.2) is 0 Å². The molecule has 0 radical (unpaired) electrons. The molecule has 0 spiro atoms. The molecule has 144 valence electrons. The molecule has 5 atom stereocenters. The molecule has 1 fully saturated rings. The van der Waals surface area contributed by atoms with Crippen LogP contribution in [0.15, 0.2) is 18.2 Å². The molecule has 1 aromatic carbocycles. The third-order valence-electron chi connectivity index (χ3n) is 3.82. The second-order valence-corrected chi connectivity index (χ2v) is 6.02. The molecule has 1 aliphatic heterocycles. The standard InChI is InChI=1S/C16H23N3O7/c1-7(21)17-9-3-4-10(18-8(2)22)11(5-9)19-16-14(25)13(24)15(26-16)12(23)6-20/h3-5,12-16,19-20,23-25H,6H2,1-2H3,(H,17,21)(H,18,22)/t12?,13-,14-,15-,16?/m1/s1. The molecule has 0 bridgehead atoms. The van der Waals surface area contributed by atoms with Crippen LogP contribution in [-0.4, -0.2) is 69.5 Å². The number of benzene rings is 1. The van der Waals surface area contributed by atoms with Crippen molar-refractivity contribution in [1.29, 1.82) is 0 Å². The number of rotatable bonds is 6. The molecule has 2 amide bonds. The Kier molecular flexibility index (Phi) is 6.51. The molecule has 0 aromatic heterocycles. The van der Waals surface area contributed by atoms with Gasteiger partial charge in [-0.05, 0) is 18.2 Å². The zero-order chi connectivity index (χ0) is 19.4. The molecule has 10 nitrogen and oxygen atoms in total. The fourth-order valence-corrected chi connectivity index (χ4v) is 2.64. The summed E-state index contributed by atoms with van der Waals surface area (Å²) in [6.45, 7) is 2.02. The number of carbonyl (C=O) groups is 2. The van der Waals surface area contributed by atoms with E-state index < -0.39 is 37.3 Å². The van der Waals surface area contributed by atoms with Crippen LogP contribution in [0.2, 0.25) is 0 Å². The van der Waals surface area contributed by atoms with E-state index in [0.29, 0.717) is 17.1 Å². The first-order chi connectivity index (χ1) is 12.2. The van der Waals surface area contributed by atoms with Crippen molar-refractivity contribution in [3.63, 3.8) is 0 Å². The molecule has 10 heteroatoms. The first kappa shape index (κ1) is 20.1. The lowest BCUT2D eigenvalue weighted by Gasteiger charge is -2.21. The van der Waals surface area contributed by atoms with Gasteiger partial charge in [0.15, 0.2) is 6.23 Å². The van der Waals surface area contributed by atoms with Gasteiger partial charge in [-0.1, -0.05) is 0 Å². The van der Waals surface area contributed by atoms with Gasteiger partial charge < -0.3 is 41.1 Å². The first-order valence-corrected chi connectivity index (χ1v) is 7.99. The van der Waals surface area contributed by atoms with Crippen LogP contribution in [0.25, 0.3) is 0 Å². The molecular weight excluding hydrogens is 346 g/mol. The topological polar surface area (TPSA) is 160 Å². The number of aliphatic hydroxyl groups is 4. The van der Waals surface area contributed by atoms with Crippen LogP contribution in [0.3, 0.4) is 0 Å². The van der Waals surface area contributed by atoms with Crippen LogP contribution in [0, 0.1) is 0 Å². The van der Waals surface area contributed by atoms with Gasteiger partial charge in [0.2, 0.25) is 11.8 Å². The smallest absolute Gasteiger partial charge is 0.221 e. The molecular formula is C16H23N3O7. The lowest BCUT2D eigenvalue weighted by atomic mass is 10.1. The van der Waals surface area contributed by atoms with Crippen molar-refractivity contribution in [2.45, 2.75) is 44.5 Å². The van der Waals surface area contributed by atoms with Crippen molar-refractivity contribution in [3.8, 4) is 0 Å². The molecule has 1 aliphatic rings. The minimum absolute atomic E-state index is 0.290. The van der Waals surface area contributed by atoms with Gasteiger partial charge in [-0.3, -0.25) is 9.59 Å². The molecule has 0 saturated carbocycles. The summed E-state index contributed by atoms with van der Waals surface area (Å²) in [5.41, 5.74) is 1.12. The lowest BCUT2D eigenvalue weighted by Crippen LogP contribution is -2.40. The van der Waals surface area contributed by atoms with E-state index in [-0.39, 0.29) is 11.8 Å². The van der Waals surface area contributed by atoms with E-state index in [2.05, 4.69) is 16.0 Å².